The zero-order chi connectivity index (χ0) is 22.2. The number of imidazole rings is 1. The molecule has 2 aromatic carbocycles. The first-order chi connectivity index (χ1) is 15.0. The van der Waals surface area contributed by atoms with Crippen LogP contribution >= 0.6 is 0 Å². The van der Waals surface area contributed by atoms with Crippen molar-refractivity contribution in [3.8, 4) is 0 Å². The molecule has 31 heavy (non-hydrogen) atoms. The fraction of sp³-hybridized carbons (Fsp3) is 0.182. The average Bonchev–Trinajstić information content (AvgIpc) is 3.20. The predicted octanol–water partition coefficient (Wildman–Crippen LogP) is 2.38. The Balaban J connectivity index is 1.80. The summed E-state index contributed by atoms with van der Waals surface area (Å²) in [4.78, 5) is 40.4. The Morgan fingerprint density at radius 3 is 2.03 bits per heavy atom. The van der Waals surface area contributed by atoms with Gasteiger partial charge >= 0.3 is 18.0 Å². The second-order valence-corrected chi connectivity index (χ2v) is 6.66. The summed E-state index contributed by atoms with van der Waals surface area (Å²) >= 11 is 0. The summed E-state index contributed by atoms with van der Waals surface area (Å²) < 4.78 is 11.5. The van der Waals surface area contributed by atoms with Crippen molar-refractivity contribution in [3.05, 3.63) is 89.5 Å². The van der Waals surface area contributed by atoms with Crippen LogP contribution in [0.15, 0.2) is 66.9 Å². The number of aliphatic carboxylic acids is 1. The van der Waals surface area contributed by atoms with Crippen molar-refractivity contribution in [3.63, 3.8) is 0 Å². The monoisotopic (exact) mass is 423 g/mol. The number of nitrogens with zero attached hydrogens (tertiary/aromatic N) is 2. The Kier molecular flexibility index (Phi) is 7.13. The third-order valence-corrected chi connectivity index (χ3v) is 4.36. The molecule has 0 aliphatic rings. The summed E-state index contributed by atoms with van der Waals surface area (Å²) in [5.41, 5.74) is 7.22. The fourth-order valence-corrected chi connectivity index (χ4v) is 2.76. The van der Waals surface area contributed by atoms with Gasteiger partial charge < -0.3 is 20.3 Å². The van der Waals surface area contributed by atoms with Crippen molar-refractivity contribution in [2.24, 2.45) is 5.73 Å². The topological polar surface area (TPSA) is 134 Å². The van der Waals surface area contributed by atoms with Crippen molar-refractivity contribution in [1.82, 2.24) is 9.55 Å². The maximum absolute atomic E-state index is 12.8. The molecule has 0 aliphatic carbocycles. The lowest BCUT2D eigenvalue weighted by Crippen LogP contribution is -2.34. The van der Waals surface area contributed by atoms with Gasteiger partial charge in [-0.3, -0.25) is 4.79 Å². The molecule has 3 rings (SSSR count). The van der Waals surface area contributed by atoms with E-state index in [1.807, 2.05) is 12.1 Å². The molecule has 1 heterocycles. The third-order valence-electron chi connectivity index (χ3n) is 4.36. The first kappa shape index (κ1) is 21.7. The Morgan fingerprint density at radius 2 is 1.48 bits per heavy atom. The minimum Gasteiger partial charge on any atom is -0.480 e. The molecule has 9 nitrogen and oxygen atoms in total. The summed E-state index contributed by atoms with van der Waals surface area (Å²) in [7, 11) is 0. The van der Waals surface area contributed by atoms with E-state index >= 15 is 0 Å². The largest absolute Gasteiger partial charge is 0.480 e. The van der Waals surface area contributed by atoms with E-state index in [9.17, 15) is 14.4 Å². The van der Waals surface area contributed by atoms with Crippen LogP contribution in [0.2, 0.25) is 0 Å². The normalized spacial score (nSPS) is 11.5. The van der Waals surface area contributed by atoms with Crippen LogP contribution in [0.3, 0.4) is 0 Å². The second-order valence-electron chi connectivity index (χ2n) is 6.66. The van der Waals surface area contributed by atoms with Crippen LogP contribution < -0.4 is 5.73 Å². The predicted molar refractivity (Wildman–Crippen MR) is 109 cm³/mol. The number of carboxylic acids is 1. The van der Waals surface area contributed by atoms with Gasteiger partial charge in [0, 0.05) is 12.6 Å². The van der Waals surface area contributed by atoms with Crippen LogP contribution in [-0.2, 0) is 33.9 Å². The maximum atomic E-state index is 12.8. The summed E-state index contributed by atoms with van der Waals surface area (Å²) in [6.07, 6.45) is 0.0982. The van der Waals surface area contributed by atoms with Crippen LogP contribution in [0.5, 0.6) is 0 Å². The Hall–Kier alpha value is -3.98. The van der Waals surface area contributed by atoms with Gasteiger partial charge in [-0.15, -0.1) is 0 Å². The van der Waals surface area contributed by atoms with Gasteiger partial charge in [-0.1, -0.05) is 60.7 Å². The van der Waals surface area contributed by atoms with Crippen LogP contribution in [0, 0.1) is 0 Å². The Labute approximate surface area is 178 Å². The number of aromatic nitrogens is 2. The molecule has 0 bridgehead atoms. The van der Waals surface area contributed by atoms with Crippen molar-refractivity contribution in [2.75, 3.05) is 0 Å². The molecule has 1 aromatic heterocycles. The third kappa shape index (κ3) is 5.77. The Morgan fingerprint density at radius 1 is 0.935 bits per heavy atom. The average molecular weight is 423 g/mol. The van der Waals surface area contributed by atoms with Crippen LogP contribution in [0.25, 0.3) is 0 Å². The number of ether oxygens (including phenoxy) is 2. The van der Waals surface area contributed by atoms with E-state index in [-0.39, 0.29) is 31.2 Å². The summed E-state index contributed by atoms with van der Waals surface area (Å²) in [6, 6.07) is 16.7. The highest BCUT2D eigenvalue weighted by Gasteiger charge is 2.26. The van der Waals surface area contributed by atoms with E-state index in [0.717, 1.165) is 15.7 Å². The fourth-order valence-electron chi connectivity index (χ4n) is 2.76. The smallest absolute Gasteiger partial charge is 0.420 e. The highest BCUT2D eigenvalue weighted by molar-refractivity contribution is 5.90. The van der Waals surface area contributed by atoms with Crippen LogP contribution in [0.1, 0.15) is 27.4 Å². The summed E-state index contributed by atoms with van der Waals surface area (Å²) in [5.74, 6) is -2.42. The van der Waals surface area contributed by atoms with Gasteiger partial charge in [0.1, 0.15) is 19.3 Å². The van der Waals surface area contributed by atoms with Gasteiger partial charge in [0.05, 0.1) is 5.69 Å². The van der Waals surface area contributed by atoms with E-state index in [1.165, 1.54) is 6.20 Å². The molecule has 1 atom stereocenters. The number of rotatable bonds is 8. The van der Waals surface area contributed by atoms with Gasteiger partial charge in [0.25, 0.3) is 0 Å². The van der Waals surface area contributed by atoms with E-state index in [0.29, 0.717) is 0 Å². The molecular formula is C22H21N3O6. The SMILES string of the molecule is NC(Cc1cnc(C(=O)OCc2ccccc2)n1C(=O)OCc1ccccc1)C(=O)O. The van der Waals surface area contributed by atoms with Gasteiger partial charge in [0.15, 0.2) is 0 Å². The van der Waals surface area contributed by atoms with Crippen molar-refractivity contribution in [1.29, 1.82) is 0 Å². The molecule has 1 unspecified atom stereocenters. The van der Waals surface area contributed by atoms with Gasteiger partial charge in [-0.25, -0.2) is 19.1 Å². The molecule has 160 valence electrons. The molecular weight excluding hydrogens is 402 g/mol. The van der Waals surface area contributed by atoms with E-state index in [1.54, 1.807) is 48.5 Å². The van der Waals surface area contributed by atoms with E-state index < -0.39 is 24.1 Å². The number of carbonyl (C=O) groups is 3. The molecule has 9 heteroatoms. The van der Waals surface area contributed by atoms with Crippen LogP contribution in [-0.4, -0.2) is 38.7 Å². The maximum Gasteiger partial charge on any atom is 0.420 e. The van der Waals surface area contributed by atoms with E-state index in [4.69, 9.17) is 20.3 Å². The highest BCUT2D eigenvalue weighted by atomic mass is 16.6. The molecule has 0 radical (unpaired) electrons. The second kappa shape index (κ2) is 10.2. The summed E-state index contributed by atoms with van der Waals surface area (Å²) in [6.45, 7) is -0.0592. The summed E-state index contributed by atoms with van der Waals surface area (Å²) in [5, 5.41) is 9.09. The Bertz CT molecular complexity index is 1050. The molecule has 0 aliphatic heterocycles. The number of carboxylic acid groups (broad SMARTS) is 1. The zero-order valence-electron chi connectivity index (χ0n) is 16.5. The minimum atomic E-state index is -1.29. The highest BCUT2D eigenvalue weighted by Crippen LogP contribution is 2.13. The number of nitrogens with two attached hydrogens (primary N) is 1. The first-order valence-corrected chi connectivity index (χ1v) is 9.43. The lowest BCUT2D eigenvalue weighted by molar-refractivity contribution is -0.138. The number of hydrogen-bond donors (Lipinski definition) is 2. The van der Waals surface area contributed by atoms with Crippen molar-refractivity contribution >= 4 is 18.0 Å². The number of benzene rings is 2. The standard InChI is InChI=1S/C22H21N3O6/c23-18(20(26)27)11-17-12-24-19(21(28)30-13-15-7-3-1-4-8-15)25(17)22(29)31-14-16-9-5-2-6-10-16/h1-10,12,18H,11,13-14,23H2,(H,26,27). The number of esters is 1. The number of carbonyl (C=O) groups excluding carboxylic acids is 2. The van der Waals surface area contributed by atoms with Gasteiger partial charge in [-0.2, -0.15) is 0 Å². The lowest BCUT2D eigenvalue weighted by Gasteiger charge is -2.12. The molecule has 3 N–H and O–H groups in total. The number of hydrogen-bond acceptors (Lipinski definition) is 7. The molecule has 0 spiro atoms. The lowest BCUT2D eigenvalue weighted by atomic mass is 10.2. The minimum absolute atomic E-state index is 0.0183. The molecule has 3 aromatic rings. The molecule has 0 saturated carbocycles. The van der Waals surface area contributed by atoms with Gasteiger partial charge in [0.2, 0.25) is 5.82 Å². The van der Waals surface area contributed by atoms with Crippen molar-refractivity contribution in [2.45, 2.75) is 25.7 Å². The van der Waals surface area contributed by atoms with Crippen LogP contribution in [0.4, 0.5) is 4.79 Å². The molecule has 0 fully saturated rings. The van der Waals surface area contributed by atoms with Crippen molar-refractivity contribution < 1.29 is 29.0 Å². The van der Waals surface area contributed by atoms with Gasteiger partial charge in [-0.05, 0) is 11.1 Å². The first-order valence-electron chi connectivity index (χ1n) is 9.43. The quantitative estimate of drug-likeness (QED) is 0.528. The molecule has 0 amide bonds. The van der Waals surface area contributed by atoms with E-state index in [2.05, 4.69) is 4.98 Å². The zero-order valence-corrected chi connectivity index (χ0v) is 16.5. The molecule has 0 saturated heterocycles.